The number of fused-ring (bicyclic) bond motifs is 1. The summed E-state index contributed by atoms with van der Waals surface area (Å²) < 4.78 is 13.7. The van der Waals surface area contributed by atoms with Gasteiger partial charge < -0.3 is 15.5 Å². The van der Waals surface area contributed by atoms with Gasteiger partial charge in [-0.25, -0.2) is 4.39 Å². The summed E-state index contributed by atoms with van der Waals surface area (Å²) in [5.41, 5.74) is 0.381. The zero-order valence-corrected chi connectivity index (χ0v) is 14.9. The Bertz CT molecular complexity index is 958. The average Bonchev–Trinajstić information content (AvgIpc) is 3.20. The standard InChI is InChI=1S/C19H18FN5O3/c20-13-4-3-12-8-22-9-15(14(12)6-13)16(7-21)24-19(28)17-2-1-5-25(17)18(27)10-23-11-26/h3-4,6,8-9,11,16-17H,1-2,5,10H2,(H,23,26)(H,24,28). The molecule has 1 aliphatic rings. The van der Waals surface area contributed by atoms with Crippen LogP contribution in [0.4, 0.5) is 4.39 Å². The first kappa shape index (κ1) is 19.2. The number of benzene rings is 1. The van der Waals surface area contributed by atoms with Gasteiger partial charge >= 0.3 is 0 Å². The molecule has 2 atom stereocenters. The molecule has 2 N–H and O–H groups in total. The van der Waals surface area contributed by atoms with Gasteiger partial charge in [0.2, 0.25) is 18.2 Å². The first-order valence-electron chi connectivity index (χ1n) is 8.75. The van der Waals surface area contributed by atoms with Gasteiger partial charge in [0.25, 0.3) is 0 Å². The molecule has 1 saturated heterocycles. The lowest BCUT2D eigenvalue weighted by molar-refractivity contribution is -0.138. The van der Waals surface area contributed by atoms with Crippen LogP contribution in [0.25, 0.3) is 10.8 Å². The second-order valence-corrected chi connectivity index (χ2v) is 6.41. The third kappa shape index (κ3) is 3.91. The molecule has 0 saturated carbocycles. The highest BCUT2D eigenvalue weighted by Gasteiger charge is 2.35. The van der Waals surface area contributed by atoms with Crippen molar-refractivity contribution in [2.75, 3.05) is 13.1 Å². The van der Waals surface area contributed by atoms with E-state index in [1.54, 1.807) is 12.3 Å². The first-order chi connectivity index (χ1) is 13.5. The van der Waals surface area contributed by atoms with Gasteiger partial charge in [0.15, 0.2) is 0 Å². The van der Waals surface area contributed by atoms with Crippen molar-refractivity contribution in [2.45, 2.75) is 24.9 Å². The van der Waals surface area contributed by atoms with E-state index < -0.39 is 23.8 Å². The molecule has 0 bridgehead atoms. The first-order valence-corrected chi connectivity index (χ1v) is 8.75. The number of hydrogen-bond donors (Lipinski definition) is 2. The number of likely N-dealkylation sites (tertiary alicyclic amines) is 1. The molecule has 1 aromatic carbocycles. The van der Waals surface area contributed by atoms with Crippen molar-refractivity contribution < 1.29 is 18.8 Å². The molecule has 3 amide bonds. The van der Waals surface area contributed by atoms with Crippen LogP contribution in [0.2, 0.25) is 0 Å². The van der Waals surface area contributed by atoms with E-state index in [1.807, 2.05) is 6.07 Å². The van der Waals surface area contributed by atoms with Gasteiger partial charge in [0.1, 0.15) is 17.9 Å². The van der Waals surface area contributed by atoms with Crippen LogP contribution in [0.15, 0.2) is 30.6 Å². The Labute approximate surface area is 160 Å². The van der Waals surface area contributed by atoms with E-state index in [0.29, 0.717) is 42.1 Å². The number of carbonyl (C=O) groups is 3. The number of hydrogen-bond acceptors (Lipinski definition) is 5. The molecule has 0 aliphatic carbocycles. The fourth-order valence-corrected chi connectivity index (χ4v) is 3.37. The smallest absolute Gasteiger partial charge is 0.244 e. The molecule has 0 radical (unpaired) electrons. The summed E-state index contributed by atoms with van der Waals surface area (Å²) in [5.74, 6) is -1.30. The highest BCUT2D eigenvalue weighted by Crippen LogP contribution is 2.25. The van der Waals surface area contributed by atoms with Gasteiger partial charge in [-0.3, -0.25) is 19.4 Å². The maximum Gasteiger partial charge on any atom is 0.244 e. The molecule has 9 heteroatoms. The molecule has 2 aromatic rings. The molecule has 1 fully saturated rings. The molecule has 1 aliphatic heterocycles. The number of nitrogens with one attached hydrogen (secondary N) is 2. The Morgan fingerprint density at radius 3 is 3.00 bits per heavy atom. The summed E-state index contributed by atoms with van der Waals surface area (Å²) in [6.45, 7) is 0.206. The van der Waals surface area contributed by atoms with Crippen LogP contribution in [-0.2, 0) is 14.4 Å². The van der Waals surface area contributed by atoms with Gasteiger partial charge in [0, 0.05) is 29.9 Å². The minimum absolute atomic E-state index is 0.193. The summed E-state index contributed by atoms with van der Waals surface area (Å²) in [4.78, 5) is 40.7. The molecule has 2 unspecified atom stereocenters. The van der Waals surface area contributed by atoms with E-state index in [2.05, 4.69) is 15.6 Å². The Balaban J connectivity index is 1.81. The molecule has 1 aromatic heterocycles. The second-order valence-electron chi connectivity index (χ2n) is 6.41. The van der Waals surface area contributed by atoms with Crippen LogP contribution in [0.3, 0.4) is 0 Å². The van der Waals surface area contributed by atoms with Crippen LogP contribution in [0, 0.1) is 17.1 Å². The number of amides is 3. The van der Waals surface area contributed by atoms with Gasteiger partial charge in [-0.1, -0.05) is 0 Å². The molecule has 3 rings (SSSR count). The molecular formula is C19H18FN5O3. The van der Waals surface area contributed by atoms with Crippen LogP contribution in [-0.4, -0.2) is 47.2 Å². The van der Waals surface area contributed by atoms with Crippen LogP contribution in [0.1, 0.15) is 24.4 Å². The largest absolute Gasteiger partial charge is 0.350 e. The van der Waals surface area contributed by atoms with Gasteiger partial charge in [-0.2, -0.15) is 5.26 Å². The number of rotatable bonds is 6. The monoisotopic (exact) mass is 383 g/mol. The predicted molar refractivity (Wildman–Crippen MR) is 97.0 cm³/mol. The Kier molecular flexibility index (Phi) is 5.79. The number of nitriles is 1. The number of halogens is 1. The Morgan fingerprint density at radius 2 is 2.25 bits per heavy atom. The predicted octanol–water partition coefficient (Wildman–Crippen LogP) is 0.792. The topological polar surface area (TPSA) is 115 Å². The summed E-state index contributed by atoms with van der Waals surface area (Å²) >= 11 is 0. The van der Waals surface area contributed by atoms with Crippen LogP contribution >= 0.6 is 0 Å². The maximum atomic E-state index is 13.7. The number of carbonyl (C=O) groups excluding carboxylic acids is 3. The maximum absolute atomic E-state index is 13.7. The minimum Gasteiger partial charge on any atom is -0.350 e. The van der Waals surface area contributed by atoms with E-state index in [1.165, 1.54) is 23.2 Å². The second kappa shape index (κ2) is 8.43. The fraction of sp³-hybridized carbons (Fsp3) is 0.316. The summed E-state index contributed by atoms with van der Waals surface area (Å²) in [6, 6.07) is 4.37. The number of nitrogens with zero attached hydrogens (tertiary/aromatic N) is 3. The van der Waals surface area contributed by atoms with Gasteiger partial charge in [-0.15, -0.1) is 0 Å². The van der Waals surface area contributed by atoms with Crippen molar-refractivity contribution in [2.24, 2.45) is 0 Å². The number of aromatic nitrogens is 1. The quantitative estimate of drug-likeness (QED) is 0.716. The Hall–Kier alpha value is -3.54. The molecular weight excluding hydrogens is 365 g/mol. The van der Waals surface area contributed by atoms with Gasteiger partial charge in [0.05, 0.1) is 12.6 Å². The lowest BCUT2D eigenvalue weighted by Gasteiger charge is -2.25. The van der Waals surface area contributed by atoms with Crippen molar-refractivity contribution >= 4 is 29.0 Å². The van der Waals surface area contributed by atoms with E-state index in [4.69, 9.17) is 0 Å². The lowest BCUT2D eigenvalue weighted by atomic mass is 10.0. The zero-order valence-electron chi connectivity index (χ0n) is 14.9. The van der Waals surface area contributed by atoms with E-state index in [-0.39, 0.29) is 12.5 Å². The third-order valence-corrected chi connectivity index (χ3v) is 4.69. The van der Waals surface area contributed by atoms with Crippen molar-refractivity contribution in [3.05, 3.63) is 42.0 Å². The summed E-state index contributed by atoms with van der Waals surface area (Å²) in [5, 5.41) is 15.6. The Morgan fingerprint density at radius 1 is 1.43 bits per heavy atom. The zero-order chi connectivity index (χ0) is 20.1. The molecule has 2 heterocycles. The SMILES string of the molecule is N#CC(NC(=O)C1CCCN1C(=O)CNC=O)c1cncc2ccc(F)cc12. The van der Waals surface area contributed by atoms with Crippen molar-refractivity contribution in [1.29, 1.82) is 5.26 Å². The summed E-state index contributed by atoms with van der Waals surface area (Å²) in [7, 11) is 0. The van der Waals surface area contributed by atoms with E-state index >= 15 is 0 Å². The molecule has 0 spiro atoms. The highest BCUT2D eigenvalue weighted by atomic mass is 19.1. The van der Waals surface area contributed by atoms with Crippen molar-refractivity contribution in [3.63, 3.8) is 0 Å². The lowest BCUT2D eigenvalue weighted by Crippen LogP contribution is -2.48. The molecule has 28 heavy (non-hydrogen) atoms. The molecule has 144 valence electrons. The normalized spacial score (nSPS) is 17.0. The molecule has 8 nitrogen and oxygen atoms in total. The van der Waals surface area contributed by atoms with Crippen LogP contribution in [0.5, 0.6) is 0 Å². The summed E-state index contributed by atoms with van der Waals surface area (Å²) in [6.07, 6.45) is 4.48. The third-order valence-electron chi connectivity index (χ3n) is 4.69. The average molecular weight is 383 g/mol. The van der Waals surface area contributed by atoms with Crippen molar-refractivity contribution in [3.8, 4) is 6.07 Å². The number of pyridine rings is 1. The minimum atomic E-state index is -1.05. The van der Waals surface area contributed by atoms with Crippen molar-refractivity contribution in [1.82, 2.24) is 20.5 Å². The fourth-order valence-electron chi connectivity index (χ4n) is 3.37. The van der Waals surface area contributed by atoms with Crippen LogP contribution < -0.4 is 10.6 Å². The van der Waals surface area contributed by atoms with E-state index in [9.17, 15) is 24.0 Å². The van der Waals surface area contributed by atoms with Gasteiger partial charge in [-0.05, 0) is 36.4 Å². The van der Waals surface area contributed by atoms with E-state index in [0.717, 1.165) is 0 Å². The highest BCUT2D eigenvalue weighted by molar-refractivity contribution is 5.91.